The summed E-state index contributed by atoms with van der Waals surface area (Å²) >= 11 is -2.17. The SMILES string of the molecule is C=C([CH2][Sn]([CH2]CCC)([CH2]CCC)[CH2]CCC)C(=O)OC[Se]c1ccccc1. The predicted octanol–water partition coefficient (Wildman–Crippen LogP) is 5.92. The number of rotatable bonds is 15. The van der Waals surface area contributed by atoms with Crippen LogP contribution in [-0.4, -0.2) is 44.8 Å². The summed E-state index contributed by atoms with van der Waals surface area (Å²) in [6.07, 6.45) is 7.74. The third-order valence-electron chi connectivity index (χ3n) is 5.22. The molecule has 1 rings (SSSR count). The molecule has 0 aromatic heterocycles. The van der Waals surface area contributed by atoms with Gasteiger partial charge in [0.25, 0.3) is 0 Å². The van der Waals surface area contributed by atoms with Gasteiger partial charge < -0.3 is 0 Å². The number of unbranched alkanes of at least 4 members (excludes halogenated alkanes) is 3. The summed E-state index contributed by atoms with van der Waals surface area (Å²) in [5, 5.41) is 0. The summed E-state index contributed by atoms with van der Waals surface area (Å²) in [6.45, 7) is 11.0. The average Bonchev–Trinajstić information content (AvgIpc) is 2.69. The molecule has 0 radical (unpaired) electrons. The maximum absolute atomic E-state index is 12.6. The number of carbonyl (C=O) groups excluding carboxylic acids is 1. The minimum absolute atomic E-state index is 0.140. The van der Waals surface area contributed by atoms with Crippen LogP contribution in [0.25, 0.3) is 0 Å². The van der Waals surface area contributed by atoms with Gasteiger partial charge in [0.05, 0.1) is 0 Å². The molecule has 0 N–H and O–H groups in total. The van der Waals surface area contributed by atoms with Crippen molar-refractivity contribution in [3.8, 4) is 0 Å². The second-order valence-corrected chi connectivity index (χ2v) is 23.5. The van der Waals surface area contributed by atoms with Crippen LogP contribution in [0.4, 0.5) is 0 Å². The summed E-state index contributed by atoms with van der Waals surface area (Å²) < 4.78 is 12.1. The van der Waals surface area contributed by atoms with Crippen molar-refractivity contribution in [3.05, 3.63) is 42.5 Å². The molecule has 0 atom stereocenters. The summed E-state index contributed by atoms with van der Waals surface area (Å²) in [7, 11) is 0. The Morgan fingerprint density at radius 2 is 1.48 bits per heavy atom. The molecular weight excluding hydrogens is 506 g/mol. The van der Waals surface area contributed by atoms with Crippen molar-refractivity contribution < 1.29 is 9.53 Å². The van der Waals surface area contributed by atoms with Crippen molar-refractivity contribution in [2.45, 2.75) is 77.0 Å². The van der Waals surface area contributed by atoms with Crippen LogP contribution in [0.3, 0.4) is 0 Å². The molecule has 0 saturated heterocycles. The summed E-state index contributed by atoms with van der Waals surface area (Å²) in [5.74, 6) is -0.140. The van der Waals surface area contributed by atoms with Gasteiger partial charge in [0.15, 0.2) is 0 Å². The van der Waals surface area contributed by atoms with Gasteiger partial charge in [-0.1, -0.05) is 0 Å². The van der Waals surface area contributed by atoms with Crippen molar-refractivity contribution in [2.75, 3.05) is 5.51 Å². The zero-order valence-electron chi connectivity index (χ0n) is 17.6. The fourth-order valence-corrected chi connectivity index (χ4v) is 21.1. The molecule has 0 amide bonds. The monoisotopic (exact) mass is 546 g/mol. The topological polar surface area (TPSA) is 26.3 Å². The third kappa shape index (κ3) is 10.2. The minimum atomic E-state index is -2.36. The molecule has 0 unspecified atom stereocenters. The van der Waals surface area contributed by atoms with Crippen LogP contribution in [0.2, 0.25) is 17.7 Å². The first-order valence-corrected chi connectivity index (χ1v) is 20.7. The first-order chi connectivity index (χ1) is 13.1. The molecule has 4 heteroatoms. The molecule has 0 heterocycles. The molecule has 0 saturated carbocycles. The summed E-state index contributed by atoms with van der Waals surface area (Å²) in [6, 6.07) is 10.3. The molecule has 0 aliphatic carbocycles. The number of benzene rings is 1. The average molecular weight is 544 g/mol. The molecule has 0 aliphatic rings. The molecule has 2 nitrogen and oxygen atoms in total. The van der Waals surface area contributed by atoms with Gasteiger partial charge in [-0.25, -0.2) is 0 Å². The van der Waals surface area contributed by atoms with Crippen molar-refractivity contribution in [3.63, 3.8) is 0 Å². The predicted molar refractivity (Wildman–Crippen MR) is 122 cm³/mol. The normalized spacial score (nSPS) is 11.4. The molecule has 0 fully saturated rings. The van der Waals surface area contributed by atoms with Gasteiger partial charge >= 0.3 is 178 Å². The van der Waals surface area contributed by atoms with Crippen molar-refractivity contribution in [2.24, 2.45) is 0 Å². The van der Waals surface area contributed by atoms with Gasteiger partial charge in [-0.3, -0.25) is 0 Å². The second kappa shape index (κ2) is 14.7. The van der Waals surface area contributed by atoms with E-state index in [0.29, 0.717) is 5.51 Å². The Morgan fingerprint density at radius 1 is 0.963 bits per heavy atom. The first kappa shape index (κ1) is 24.8. The van der Waals surface area contributed by atoms with Crippen LogP contribution < -0.4 is 4.46 Å². The van der Waals surface area contributed by atoms with E-state index in [2.05, 4.69) is 39.5 Å². The molecule has 0 spiro atoms. The standard InChI is InChI=1S/C11H11O2Se.3C4H9.Sn/c1-9(2)11(12)13-8-14-10-6-4-3-5-7-10;3*1-3-4-2;/h3-7H,1-2,8H2;3*1,3-4H2,2H3;. The summed E-state index contributed by atoms with van der Waals surface area (Å²) in [5.41, 5.74) is 1.27. The van der Waals surface area contributed by atoms with Crippen molar-refractivity contribution in [1.82, 2.24) is 0 Å². The second-order valence-electron chi connectivity index (χ2n) is 7.60. The van der Waals surface area contributed by atoms with Crippen LogP contribution in [0.1, 0.15) is 59.3 Å². The van der Waals surface area contributed by atoms with E-state index in [0.717, 1.165) is 10.0 Å². The Morgan fingerprint density at radius 3 is 1.96 bits per heavy atom. The van der Waals surface area contributed by atoms with Gasteiger partial charge in [0, 0.05) is 0 Å². The Hall–Kier alpha value is -0.252. The van der Waals surface area contributed by atoms with Gasteiger partial charge in [0.1, 0.15) is 0 Å². The Labute approximate surface area is 177 Å². The number of carbonyl (C=O) groups is 1. The first-order valence-electron chi connectivity index (χ1n) is 10.6. The van der Waals surface area contributed by atoms with E-state index in [1.165, 1.54) is 56.3 Å². The Balaban J connectivity index is 2.63. The van der Waals surface area contributed by atoms with Gasteiger partial charge in [-0.05, 0) is 0 Å². The third-order valence-corrected chi connectivity index (χ3v) is 22.5. The number of ether oxygens (including phenoxy) is 1. The van der Waals surface area contributed by atoms with E-state index in [1.54, 1.807) is 0 Å². The van der Waals surface area contributed by atoms with E-state index in [-0.39, 0.29) is 20.9 Å². The molecule has 1 aromatic carbocycles. The van der Waals surface area contributed by atoms with E-state index >= 15 is 0 Å². The quantitative estimate of drug-likeness (QED) is 0.156. The van der Waals surface area contributed by atoms with Gasteiger partial charge in [-0.15, -0.1) is 0 Å². The van der Waals surface area contributed by atoms with Crippen LogP contribution in [-0.2, 0) is 9.53 Å². The zero-order valence-corrected chi connectivity index (χ0v) is 22.2. The van der Waals surface area contributed by atoms with Crippen molar-refractivity contribution >= 4 is 43.8 Å². The van der Waals surface area contributed by atoms with Crippen LogP contribution in [0, 0.1) is 0 Å². The van der Waals surface area contributed by atoms with E-state index in [9.17, 15) is 4.79 Å². The van der Waals surface area contributed by atoms with Crippen LogP contribution >= 0.6 is 0 Å². The molecule has 27 heavy (non-hydrogen) atoms. The Kier molecular flexibility index (Phi) is 13.5. The van der Waals surface area contributed by atoms with E-state index < -0.39 is 18.4 Å². The van der Waals surface area contributed by atoms with Crippen molar-refractivity contribution in [1.29, 1.82) is 0 Å². The number of hydrogen-bond donors (Lipinski definition) is 0. The summed E-state index contributed by atoms with van der Waals surface area (Å²) in [4.78, 5) is 12.6. The molecule has 152 valence electrons. The number of esters is 1. The zero-order chi connectivity index (χ0) is 20.0. The van der Waals surface area contributed by atoms with Crippen LogP contribution in [0.15, 0.2) is 42.5 Å². The van der Waals surface area contributed by atoms with E-state index in [4.69, 9.17) is 4.74 Å². The fourth-order valence-electron chi connectivity index (χ4n) is 3.59. The maximum atomic E-state index is 12.6. The van der Waals surface area contributed by atoms with Gasteiger partial charge in [-0.2, -0.15) is 0 Å². The number of hydrogen-bond acceptors (Lipinski definition) is 2. The van der Waals surface area contributed by atoms with Crippen LogP contribution in [0.5, 0.6) is 0 Å². The fraction of sp³-hybridized carbons (Fsp3) is 0.609. The molecule has 0 bridgehead atoms. The Bertz CT molecular complexity index is 523. The molecular formula is C23H38O2SeSn. The van der Waals surface area contributed by atoms with Gasteiger partial charge in [0.2, 0.25) is 0 Å². The molecule has 1 aromatic rings. The molecule has 0 aliphatic heterocycles. The van der Waals surface area contributed by atoms with E-state index in [1.807, 2.05) is 18.2 Å².